The zero-order chi connectivity index (χ0) is 13.1. The largest absolute Gasteiger partial charge is 0.481 e. The number of aromatic nitrogens is 1. The lowest BCUT2D eigenvalue weighted by Gasteiger charge is -2.07. The van der Waals surface area contributed by atoms with Crippen molar-refractivity contribution < 1.29 is 14.7 Å². The molecule has 0 saturated heterocycles. The summed E-state index contributed by atoms with van der Waals surface area (Å²) in [7, 11) is 0. The molecule has 92 valence electrons. The molecular formula is C14H13NO3. The smallest absolute Gasteiger partial charge is 0.310 e. The number of ketones is 1. The van der Waals surface area contributed by atoms with Gasteiger partial charge < -0.3 is 10.1 Å². The summed E-state index contributed by atoms with van der Waals surface area (Å²) in [6, 6.07) is 8.43. The number of carboxylic acid groups (broad SMARTS) is 1. The Hall–Kier alpha value is -2.36. The molecule has 0 bridgehead atoms. The Labute approximate surface area is 104 Å². The summed E-state index contributed by atoms with van der Waals surface area (Å²) in [6.45, 7) is 1.60. The molecule has 1 aromatic carbocycles. The predicted molar refractivity (Wildman–Crippen MR) is 66.7 cm³/mol. The summed E-state index contributed by atoms with van der Waals surface area (Å²) < 4.78 is 0. The van der Waals surface area contributed by atoms with Crippen LogP contribution in [0.15, 0.2) is 42.7 Å². The van der Waals surface area contributed by atoms with Crippen LogP contribution in [0.3, 0.4) is 0 Å². The molecule has 2 rings (SSSR count). The average molecular weight is 243 g/mol. The Bertz CT molecular complexity index is 572. The fourth-order valence-corrected chi connectivity index (χ4v) is 1.72. The quantitative estimate of drug-likeness (QED) is 0.810. The Morgan fingerprint density at radius 1 is 1.22 bits per heavy atom. The molecule has 4 nitrogen and oxygen atoms in total. The molecule has 0 aliphatic rings. The van der Waals surface area contributed by atoms with Gasteiger partial charge in [-0.05, 0) is 24.6 Å². The third-order valence-corrected chi connectivity index (χ3v) is 2.88. The fraction of sp³-hybridized carbons (Fsp3) is 0.143. The molecular weight excluding hydrogens is 230 g/mol. The molecule has 0 radical (unpaired) electrons. The summed E-state index contributed by atoms with van der Waals surface area (Å²) in [6.07, 6.45) is 3.30. The van der Waals surface area contributed by atoms with Crippen LogP contribution in [0.25, 0.3) is 0 Å². The van der Waals surface area contributed by atoms with Crippen molar-refractivity contribution >= 4 is 11.8 Å². The number of carbonyl (C=O) groups is 2. The number of carbonyl (C=O) groups excluding carboxylic acids is 1. The predicted octanol–water partition coefficient (Wildman–Crippen LogP) is 2.43. The van der Waals surface area contributed by atoms with Crippen molar-refractivity contribution in [2.75, 3.05) is 0 Å². The second kappa shape index (κ2) is 4.87. The summed E-state index contributed by atoms with van der Waals surface area (Å²) >= 11 is 0. The van der Waals surface area contributed by atoms with E-state index >= 15 is 0 Å². The molecule has 1 unspecified atom stereocenters. The molecule has 2 aromatic rings. The first-order chi connectivity index (χ1) is 8.59. The van der Waals surface area contributed by atoms with Gasteiger partial charge in [-0.2, -0.15) is 0 Å². The Balaban J connectivity index is 2.33. The van der Waals surface area contributed by atoms with E-state index in [4.69, 9.17) is 5.11 Å². The van der Waals surface area contributed by atoms with Crippen LogP contribution in [0, 0.1) is 0 Å². The normalized spacial score (nSPS) is 12.1. The first-order valence-corrected chi connectivity index (χ1v) is 5.60. The number of nitrogens with one attached hydrogen (secondary N) is 1. The first kappa shape index (κ1) is 12.1. The maximum absolute atomic E-state index is 12.1. The third kappa shape index (κ3) is 2.32. The van der Waals surface area contributed by atoms with Crippen molar-refractivity contribution in [3.05, 3.63) is 59.4 Å². The van der Waals surface area contributed by atoms with E-state index in [0.717, 1.165) is 0 Å². The van der Waals surface area contributed by atoms with E-state index in [0.29, 0.717) is 16.7 Å². The highest BCUT2D eigenvalue weighted by Gasteiger charge is 2.16. The van der Waals surface area contributed by atoms with E-state index in [1.807, 2.05) is 0 Å². The molecule has 4 heteroatoms. The molecule has 1 aromatic heterocycles. The topological polar surface area (TPSA) is 70.2 Å². The molecule has 0 aliphatic carbocycles. The van der Waals surface area contributed by atoms with Gasteiger partial charge in [0.2, 0.25) is 0 Å². The van der Waals surface area contributed by atoms with E-state index in [1.54, 1.807) is 49.6 Å². The van der Waals surface area contributed by atoms with Gasteiger partial charge in [-0.3, -0.25) is 9.59 Å². The van der Waals surface area contributed by atoms with Gasteiger partial charge in [0.25, 0.3) is 0 Å². The highest BCUT2D eigenvalue weighted by atomic mass is 16.4. The maximum atomic E-state index is 12.1. The van der Waals surface area contributed by atoms with Crippen molar-refractivity contribution in [2.24, 2.45) is 0 Å². The van der Waals surface area contributed by atoms with Gasteiger partial charge in [0.15, 0.2) is 5.78 Å². The van der Waals surface area contributed by atoms with E-state index < -0.39 is 11.9 Å². The highest BCUT2D eigenvalue weighted by Crippen LogP contribution is 2.18. The van der Waals surface area contributed by atoms with Gasteiger partial charge in [0, 0.05) is 23.5 Å². The van der Waals surface area contributed by atoms with Crippen molar-refractivity contribution in [3.8, 4) is 0 Å². The van der Waals surface area contributed by atoms with E-state index in [-0.39, 0.29) is 5.78 Å². The first-order valence-electron chi connectivity index (χ1n) is 5.60. The Morgan fingerprint density at radius 2 is 2.00 bits per heavy atom. The van der Waals surface area contributed by atoms with Crippen molar-refractivity contribution in [2.45, 2.75) is 12.8 Å². The number of benzene rings is 1. The lowest BCUT2D eigenvalue weighted by Crippen LogP contribution is -2.09. The number of hydrogen-bond donors (Lipinski definition) is 2. The SMILES string of the molecule is CC(C(=O)O)c1cccc(C(=O)c2cc[nH]c2)c1. The molecule has 0 aliphatic heterocycles. The van der Waals surface area contributed by atoms with Crippen LogP contribution in [0.4, 0.5) is 0 Å². The van der Waals surface area contributed by atoms with Crippen molar-refractivity contribution in [1.29, 1.82) is 0 Å². The van der Waals surface area contributed by atoms with Gasteiger partial charge >= 0.3 is 5.97 Å². The molecule has 0 saturated carbocycles. The van der Waals surface area contributed by atoms with E-state index in [9.17, 15) is 9.59 Å². The van der Waals surface area contributed by atoms with Crippen molar-refractivity contribution in [3.63, 3.8) is 0 Å². The lowest BCUT2D eigenvalue weighted by molar-refractivity contribution is -0.138. The molecule has 18 heavy (non-hydrogen) atoms. The van der Waals surface area contributed by atoms with Gasteiger partial charge in [0.05, 0.1) is 5.92 Å². The number of hydrogen-bond acceptors (Lipinski definition) is 2. The number of carboxylic acids is 1. The monoisotopic (exact) mass is 243 g/mol. The minimum absolute atomic E-state index is 0.115. The number of rotatable bonds is 4. The molecule has 0 amide bonds. The standard InChI is InChI=1S/C14H13NO3/c1-9(14(17)18)10-3-2-4-11(7-10)13(16)12-5-6-15-8-12/h2-9,15H,1H3,(H,17,18). The third-order valence-electron chi connectivity index (χ3n) is 2.88. The highest BCUT2D eigenvalue weighted by molar-refractivity contribution is 6.09. The van der Waals surface area contributed by atoms with Gasteiger partial charge in [-0.25, -0.2) is 0 Å². The average Bonchev–Trinajstić information content (AvgIpc) is 2.91. The summed E-state index contributed by atoms with van der Waals surface area (Å²) in [5.41, 5.74) is 1.69. The van der Waals surface area contributed by atoms with Crippen LogP contribution in [-0.4, -0.2) is 21.8 Å². The molecule has 0 spiro atoms. The number of aromatic amines is 1. The van der Waals surface area contributed by atoms with E-state index in [1.165, 1.54) is 0 Å². The van der Waals surface area contributed by atoms with Crippen LogP contribution in [0.2, 0.25) is 0 Å². The zero-order valence-electron chi connectivity index (χ0n) is 9.88. The van der Waals surface area contributed by atoms with Crippen LogP contribution < -0.4 is 0 Å². The Morgan fingerprint density at radius 3 is 2.61 bits per heavy atom. The fourth-order valence-electron chi connectivity index (χ4n) is 1.72. The van der Waals surface area contributed by atoms with Crippen molar-refractivity contribution in [1.82, 2.24) is 4.98 Å². The van der Waals surface area contributed by atoms with Crippen LogP contribution >= 0.6 is 0 Å². The summed E-state index contributed by atoms with van der Waals surface area (Å²) in [5, 5.41) is 8.96. The number of aliphatic carboxylic acids is 1. The lowest BCUT2D eigenvalue weighted by atomic mass is 9.96. The molecule has 2 N–H and O–H groups in total. The summed E-state index contributed by atoms with van der Waals surface area (Å²) in [5.74, 6) is -1.64. The van der Waals surface area contributed by atoms with Gasteiger partial charge in [0.1, 0.15) is 0 Å². The van der Waals surface area contributed by atoms with Gasteiger partial charge in [-0.1, -0.05) is 18.2 Å². The maximum Gasteiger partial charge on any atom is 0.310 e. The molecule has 0 fully saturated rings. The minimum Gasteiger partial charge on any atom is -0.481 e. The van der Waals surface area contributed by atoms with Crippen LogP contribution in [0.5, 0.6) is 0 Å². The second-order valence-electron chi connectivity index (χ2n) is 4.11. The van der Waals surface area contributed by atoms with Crippen LogP contribution in [0.1, 0.15) is 34.3 Å². The number of H-pyrrole nitrogens is 1. The van der Waals surface area contributed by atoms with E-state index in [2.05, 4.69) is 4.98 Å². The van der Waals surface area contributed by atoms with Crippen LogP contribution in [-0.2, 0) is 4.79 Å². The molecule has 1 heterocycles. The second-order valence-corrected chi connectivity index (χ2v) is 4.11. The Kier molecular flexibility index (Phi) is 3.28. The van der Waals surface area contributed by atoms with Gasteiger partial charge in [-0.15, -0.1) is 0 Å². The summed E-state index contributed by atoms with van der Waals surface area (Å²) in [4.78, 5) is 25.8. The minimum atomic E-state index is -0.902. The zero-order valence-corrected chi connectivity index (χ0v) is 9.88. The molecule has 1 atom stereocenters.